The second-order valence-electron chi connectivity index (χ2n) is 6.37. The Morgan fingerprint density at radius 1 is 1.21 bits per heavy atom. The highest BCUT2D eigenvalue weighted by Crippen LogP contribution is 2.27. The number of nitrogens with one attached hydrogen (secondary N) is 1. The number of carbonyl (C=O) groups excluding carboxylic acids is 1. The van der Waals surface area contributed by atoms with Crippen molar-refractivity contribution in [3.63, 3.8) is 0 Å². The third kappa shape index (κ3) is 6.15. The normalized spacial score (nSPS) is 12.4. The summed E-state index contributed by atoms with van der Waals surface area (Å²) in [5, 5.41) is 3.31. The van der Waals surface area contributed by atoms with Gasteiger partial charge in [0.1, 0.15) is 6.04 Å². The molecule has 0 bridgehead atoms. The molecule has 1 unspecified atom stereocenters. The van der Waals surface area contributed by atoms with E-state index in [9.17, 15) is 13.2 Å². The van der Waals surface area contributed by atoms with E-state index < -0.39 is 16.1 Å². The maximum absolute atomic E-state index is 12.7. The quantitative estimate of drug-likeness (QED) is 0.471. The predicted molar refractivity (Wildman–Crippen MR) is 118 cm³/mol. The van der Waals surface area contributed by atoms with Gasteiger partial charge in [-0.15, -0.1) is 11.8 Å². The molecule has 0 heterocycles. The monoisotopic (exact) mass is 440 g/mol. The van der Waals surface area contributed by atoms with Crippen LogP contribution in [0.25, 0.3) is 0 Å². The fourth-order valence-electron chi connectivity index (χ4n) is 2.76. The zero-order valence-corrected chi connectivity index (χ0v) is 18.6. The lowest BCUT2D eigenvalue weighted by atomic mass is 10.1. The van der Waals surface area contributed by atoms with Crippen molar-refractivity contribution < 1.29 is 13.2 Å². The number of hydrogen-bond acceptors (Lipinski definition) is 4. The molecule has 0 saturated heterocycles. The second kappa shape index (κ2) is 10.2. The zero-order valence-electron chi connectivity index (χ0n) is 16.2. The summed E-state index contributed by atoms with van der Waals surface area (Å²) in [6.45, 7) is 4.07. The van der Waals surface area contributed by atoms with E-state index >= 15 is 0 Å². The molecular weight excluding hydrogens is 416 g/mol. The number of benzene rings is 2. The molecule has 0 aliphatic heterocycles. The number of rotatable bonds is 9. The Morgan fingerprint density at radius 2 is 1.89 bits per heavy atom. The number of amides is 1. The first-order chi connectivity index (χ1) is 13.2. The van der Waals surface area contributed by atoms with Crippen molar-refractivity contribution in [2.24, 2.45) is 0 Å². The summed E-state index contributed by atoms with van der Waals surface area (Å²) >= 11 is 7.80. The molecule has 5 nitrogen and oxygen atoms in total. The van der Waals surface area contributed by atoms with Gasteiger partial charge in [-0.05, 0) is 43.2 Å². The van der Waals surface area contributed by atoms with E-state index in [1.807, 2.05) is 37.3 Å². The Balaban J connectivity index is 2.09. The Hall–Kier alpha value is -1.70. The van der Waals surface area contributed by atoms with Crippen LogP contribution >= 0.6 is 23.4 Å². The van der Waals surface area contributed by atoms with Crippen LogP contribution in [0, 0.1) is 6.92 Å². The fourth-order valence-corrected chi connectivity index (χ4v) is 4.92. The number of aryl methyl sites for hydroxylation is 1. The minimum atomic E-state index is -3.67. The molecule has 8 heteroatoms. The molecule has 0 spiro atoms. The van der Waals surface area contributed by atoms with Gasteiger partial charge in [-0.3, -0.25) is 9.10 Å². The minimum Gasteiger partial charge on any atom is -0.353 e. The lowest BCUT2D eigenvalue weighted by Crippen LogP contribution is -2.49. The molecule has 2 aromatic carbocycles. The van der Waals surface area contributed by atoms with Gasteiger partial charge in [0.05, 0.1) is 11.9 Å². The lowest BCUT2D eigenvalue weighted by molar-refractivity contribution is -0.122. The van der Waals surface area contributed by atoms with E-state index in [0.717, 1.165) is 21.0 Å². The minimum absolute atomic E-state index is 0.321. The molecule has 2 aromatic rings. The Morgan fingerprint density at radius 3 is 2.46 bits per heavy atom. The average Bonchev–Trinajstić information content (AvgIpc) is 2.65. The SMILES string of the molecule is CCC(C(=O)NCCSc1ccccc1)N(c1ccc(C)c(Cl)c1)S(C)(=O)=O. The molecule has 0 aliphatic rings. The Labute approximate surface area is 176 Å². The number of sulfonamides is 1. The van der Waals surface area contributed by atoms with Crippen molar-refractivity contribution >= 4 is 45.0 Å². The zero-order chi connectivity index (χ0) is 20.7. The summed E-state index contributed by atoms with van der Waals surface area (Å²) in [7, 11) is -3.67. The van der Waals surface area contributed by atoms with Crippen LogP contribution in [0.3, 0.4) is 0 Å². The van der Waals surface area contributed by atoms with Gasteiger partial charge in [0, 0.05) is 22.2 Å². The molecule has 0 saturated carbocycles. The maximum Gasteiger partial charge on any atom is 0.243 e. The van der Waals surface area contributed by atoms with Gasteiger partial charge < -0.3 is 5.32 Å². The van der Waals surface area contributed by atoms with E-state index in [-0.39, 0.29) is 5.91 Å². The van der Waals surface area contributed by atoms with E-state index in [4.69, 9.17) is 11.6 Å². The molecule has 152 valence electrons. The highest BCUT2D eigenvalue weighted by Gasteiger charge is 2.31. The van der Waals surface area contributed by atoms with Gasteiger partial charge >= 0.3 is 0 Å². The largest absolute Gasteiger partial charge is 0.353 e. The van der Waals surface area contributed by atoms with E-state index in [2.05, 4.69) is 5.32 Å². The van der Waals surface area contributed by atoms with Crippen LogP contribution in [0.4, 0.5) is 5.69 Å². The van der Waals surface area contributed by atoms with Gasteiger partial charge in [0.2, 0.25) is 15.9 Å². The summed E-state index contributed by atoms with van der Waals surface area (Å²) < 4.78 is 26.0. The molecule has 1 amide bonds. The first-order valence-electron chi connectivity index (χ1n) is 8.95. The number of halogens is 1. The van der Waals surface area contributed by atoms with Gasteiger partial charge in [0.25, 0.3) is 0 Å². The van der Waals surface area contributed by atoms with Gasteiger partial charge in [0.15, 0.2) is 0 Å². The number of hydrogen-bond donors (Lipinski definition) is 1. The predicted octanol–water partition coefficient (Wildman–Crippen LogP) is 4.10. The van der Waals surface area contributed by atoms with Crippen LogP contribution in [-0.4, -0.2) is 38.9 Å². The topological polar surface area (TPSA) is 66.5 Å². The highest BCUT2D eigenvalue weighted by atomic mass is 35.5. The molecule has 1 N–H and O–H groups in total. The summed E-state index contributed by atoms with van der Waals surface area (Å²) in [6.07, 6.45) is 1.44. The molecule has 0 fully saturated rings. The van der Waals surface area contributed by atoms with Crippen molar-refractivity contribution in [3.05, 3.63) is 59.1 Å². The third-order valence-electron chi connectivity index (χ3n) is 4.15. The van der Waals surface area contributed by atoms with Gasteiger partial charge in [-0.2, -0.15) is 0 Å². The first-order valence-corrected chi connectivity index (χ1v) is 12.2. The maximum atomic E-state index is 12.7. The number of anilines is 1. The average molecular weight is 441 g/mol. The summed E-state index contributed by atoms with van der Waals surface area (Å²) in [6, 6.07) is 14.1. The number of nitrogens with zero attached hydrogens (tertiary/aromatic N) is 1. The second-order valence-corrected chi connectivity index (χ2v) is 9.80. The van der Waals surface area contributed by atoms with Crippen LogP contribution in [0.5, 0.6) is 0 Å². The molecule has 0 radical (unpaired) electrons. The summed E-state index contributed by atoms with van der Waals surface area (Å²) in [5.41, 5.74) is 1.23. The van der Waals surface area contributed by atoms with Crippen LogP contribution in [0.1, 0.15) is 18.9 Å². The lowest BCUT2D eigenvalue weighted by Gasteiger charge is -2.30. The fraction of sp³-hybridized carbons (Fsp3) is 0.350. The van der Waals surface area contributed by atoms with Crippen molar-refractivity contribution in [2.45, 2.75) is 31.2 Å². The van der Waals surface area contributed by atoms with Crippen molar-refractivity contribution in [1.29, 1.82) is 0 Å². The van der Waals surface area contributed by atoms with E-state index in [1.54, 1.807) is 36.9 Å². The highest BCUT2D eigenvalue weighted by molar-refractivity contribution is 7.99. The van der Waals surface area contributed by atoms with Crippen LogP contribution in [0.15, 0.2) is 53.4 Å². The number of thioether (sulfide) groups is 1. The molecular formula is C20H25ClN2O3S2. The van der Waals surface area contributed by atoms with Crippen molar-refractivity contribution in [3.8, 4) is 0 Å². The van der Waals surface area contributed by atoms with Crippen LogP contribution in [0.2, 0.25) is 5.02 Å². The first kappa shape index (κ1) is 22.6. The molecule has 28 heavy (non-hydrogen) atoms. The van der Waals surface area contributed by atoms with Gasteiger partial charge in [-0.1, -0.05) is 42.8 Å². The van der Waals surface area contributed by atoms with Crippen LogP contribution in [-0.2, 0) is 14.8 Å². The summed E-state index contributed by atoms with van der Waals surface area (Å²) in [4.78, 5) is 13.9. The van der Waals surface area contributed by atoms with Crippen molar-refractivity contribution in [2.75, 3.05) is 22.9 Å². The molecule has 0 aliphatic carbocycles. The standard InChI is InChI=1S/C20H25ClN2O3S2/c1-4-19(20(24)22-12-13-27-17-8-6-5-7-9-17)23(28(3,25)26)16-11-10-15(2)18(21)14-16/h5-11,14,19H,4,12-13H2,1-3H3,(H,22,24). The Kier molecular flexibility index (Phi) is 8.22. The van der Waals surface area contributed by atoms with E-state index in [1.165, 1.54) is 0 Å². The smallest absolute Gasteiger partial charge is 0.243 e. The van der Waals surface area contributed by atoms with E-state index in [0.29, 0.717) is 29.4 Å². The third-order valence-corrected chi connectivity index (χ3v) is 6.75. The molecule has 2 rings (SSSR count). The van der Waals surface area contributed by atoms with Crippen LogP contribution < -0.4 is 9.62 Å². The van der Waals surface area contributed by atoms with Crippen molar-refractivity contribution in [1.82, 2.24) is 5.32 Å². The summed E-state index contributed by atoms with van der Waals surface area (Å²) in [5.74, 6) is 0.375. The molecule has 0 aromatic heterocycles. The molecule has 1 atom stereocenters. The number of carbonyl (C=O) groups is 1. The Bertz CT molecular complexity index is 905. The van der Waals surface area contributed by atoms with Gasteiger partial charge in [-0.25, -0.2) is 8.42 Å².